The predicted molar refractivity (Wildman–Crippen MR) is 160 cm³/mol. The van der Waals surface area contributed by atoms with Crippen molar-refractivity contribution in [2.75, 3.05) is 20.7 Å². The van der Waals surface area contributed by atoms with Gasteiger partial charge in [0.1, 0.15) is 11.5 Å². The second-order valence-electron chi connectivity index (χ2n) is 8.97. The Morgan fingerprint density at radius 2 is 1.83 bits per heavy atom. The quantitative estimate of drug-likeness (QED) is 0.218. The maximum atomic E-state index is 13.4. The number of aryl methyl sites for hydroxylation is 1. The van der Waals surface area contributed by atoms with E-state index in [4.69, 9.17) is 42.5 Å². The molecule has 0 radical (unpaired) electrons. The number of carboxylic acids is 1. The zero-order valence-corrected chi connectivity index (χ0v) is 25.6. The number of alkyl halides is 3. The number of aromatic nitrogens is 2. The molecule has 0 aliphatic carbocycles. The van der Waals surface area contributed by atoms with E-state index < -0.39 is 20.6 Å². The Morgan fingerprint density at radius 1 is 1.17 bits per heavy atom. The summed E-state index contributed by atoms with van der Waals surface area (Å²) in [5.74, 6) is -1.80. The van der Waals surface area contributed by atoms with Gasteiger partial charge in [-0.25, -0.2) is 4.79 Å². The molecule has 0 aliphatic heterocycles. The van der Waals surface area contributed by atoms with Crippen LogP contribution in [0.15, 0.2) is 58.8 Å². The molecule has 2 N–H and O–H groups in total. The number of methoxy groups -OCH3 is 1. The lowest BCUT2D eigenvalue weighted by atomic mass is 10.0. The van der Waals surface area contributed by atoms with Crippen LogP contribution in [0.4, 0.5) is 13.2 Å². The third kappa shape index (κ3) is 8.98. The first-order valence-corrected chi connectivity index (χ1v) is 16.1. The number of fused-ring (bicyclic) bond motifs is 1. The second-order valence-corrected chi connectivity index (χ2v) is 14.5. The lowest BCUT2D eigenvalue weighted by molar-refractivity contribution is -0.192. The summed E-state index contributed by atoms with van der Waals surface area (Å²) in [6, 6.07) is 17.4. The molecule has 8 nitrogen and oxygen atoms in total. The molecule has 15 heteroatoms. The van der Waals surface area contributed by atoms with Crippen molar-refractivity contribution in [1.29, 1.82) is 0 Å². The van der Waals surface area contributed by atoms with E-state index in [-0.39, 0.29) is 11.5 Å². The summed E-state index contributed by atoms with van der Waals surface area (Å²) < 4.78 is 53.8. The van der Waals surface area contributed by atoms with Gasteiger partial charge in [0, 0.05) is 6.42 Å². The number of nitrogens with zero attached hydrogens (tertiary/aromatic N) is 2. The zero-order chi connectivity index (χ0) is 31.1. The third-order valence-electron chi connectivity index (χ3n) is 5.85. The number of thiophene rings is 1. The maximum absolute atomic E-state index is 13.4. The number of ketones is 1. The fraction of sp³-hybridized carbons (Fsp3) is 0.296. The van der Waals surface area contributed by atoms with Gasteiger partial charge in [0.05, 0.1) is 59.6 Å². The Kier molecular flexibility index (Phi) is 11.5. The molecule has 0 saturated carbocycles. The van der Waals surface area contributed by atoms with E-state index in [1.165, 1.54) is 11.3 Å². The fourth-order valence-electron chi connectivity index (χ4n) is 4.01. The lowest BCUT2D eigenvalue weighted by Gasteiger charge is -2.07. The summed E-state index contributed by atoms with van der Waals surface area (Å²) in [6.07, 6.45) is -3.90. The Hall–Kier alpha value is -3.04. The number of aliphatic carboxylic acids is 1. The first-order chi connectivity index (χ1) is 19.7. The van der Waals surface area contributed by atoms with E-state index in [1.807, 2.05) is 41.1 Å². The normalized spacial score (nSPS) is 12.8. The van der Waals surface area contributed by atoms with Crippen molar-refractivity contribution in [2.24, 2.45) is 0 Å². The number of halogens is 4. The average Bonchev–Trinajstić information content (AvgIpc) is 3.51. The van der Waals surface area contributed by atoms with Crippen LogP contribution in [0, 0.1) is 0 Å². The molecule has 2 heterocycles. The number of carbonyl (C=O) groups is 2. The molecule has 1 atom stereocenters. The van der Waals surface area contributed by atoms with Gasteiger partial charge in [-0.3, -0.25) is 13.7 Å². The van der Waals surface area contributed by atoms with Crippen LogP contribution >= 0.6 is 22.9 Å². The highest BCUT2D eigenvalue weighted by Crippen LogP contribution is 2.34. The van der Waals surface area contributed by atoms with E-state index in [1.54, 1.807) is 26.3 Å². The number of rotatable bonds is 11. The first-order valence-electron chi connectivity index (χ1n) is 12.3. The molecule has 0 saturated heterocycles. The van der Waals surface area contributed by atoms with E-state index in [9.17, 15) is 22.2 Å². The molecular weight excluding hydrogens is 635 g/mol. The summed E-state index contributed by atoms with van der Waals surface area (Å²) in [5.41, 5.74) is 3.68. The van der Waals surface area contributed by atoms with Crippen LogP contribution in [0.25, 0.3) is 10.9 Å². The molecule has 0 fully saturated rings. The number of Topliss-reactive ketones (excluding diaryl/α,β-unsaturated/α-hetero) is 1. The lowest BCUT2D eigenvalue weighted by Crippen LogP contribution is -2.21. The number of ether oxygens (including phenoxy) is 1. The van der Waals surface area contributed by atoms with Crippen molar-refractivity contribution >= 4 is 65.3 Å². The van der Waals surface area contributed by atoms with Crippen LogP contribution in [0.2, 0.25) is 4.34 Å². The standard InChI is InChI=1S/C25H26ClN3O3S3.C2HF3O2/c1-27-14-19(30)10-9-17-5-3-6-18(13-17)15-29-21-7-4-8-22(32-2)25(21)20(28-29)16-35(31,33)24-12-11-23(26)34-24;3-2(4,5)1(6)7/h3-8,11-13,27H,9-10,14-16H2,1-2H3;(H,6,7). The molecule has 42 heavy (non-hydrogen) atoms. The maximum Gasteiger partial charge on any atom is 0.490 e. The average molecular weight is 662 g/mol. The van der Waals surface area contributed by atoms with E-state index in [0.29, 0.717) is 45.9 Å². The Morgan fingerprint density at radius 3 is 2.43 bits per heavy atom. The van der Waals surface area contributed by atoms with Crippen LogP contribution in [-0.4, -0.2) is 57.7 Å². The van der Waals surface area contributed by atoms with Crippen molar-refractivity contribution < 1.29 is 36.8 Å². The summed E-state index contributed by atoms with van der Waals surface area (Å²) in [6.45, 7) is 0.902. The molecule has 0 amide bonds. The van der Waals surface area contributed by atoms with Gasteiger partial charge in [0.2, 0.25) is 0 Å². The Labute approximate surface area is 254 Å². The minimum absolute atomic E-state index is 0.108. The van der Waals surface area contributed by atoms with Crippen molar-refractivity contribution in [3.05, 3.63) is 75.8 Å². The van der Waals surface area contributed by atoms with Gasteiger partial charge in [-0.15, -0.1) is 11.3 Å². The van der Waals surface area contributed by atoms with Crippen molar-refractivity contribution in [1.82, 2.24) is 15.1 Å². The molecule has 0 bridgehead atoms. The van der Waals surface area contributed by atoms with Gasteiger partial charge in [0.15, 0.2) is 0 Å². The molecule has 4 rings (SSSR count). The molecule has 0 aliphatic rings. The number of hydrogen-bond acceptors (Lipinski definition) is 8. The van der Waals surface area contributed by atoms with Crippen molar-refractivity contribution in [3.8, 4) is 5.75 Å². The number of likely N-dealkylation sites (N-methyl/N-ethyl adjacent to an activating group) is 1. The van der Waals surface area contributed by atoms with Gasteiger partial charge >= 0.3 is 12.1 Å². The summed E-state index contributed by atoms with van der Waals surface area (Å²) >= 11 is 12.8. The highest BCUT2D eigenvalue weighted by atomic mass is 35.5. The first kappa shape index (κ1) is 33.5. The fourth-order valence-corrected chi connectivity index (χ4v) is 7.66. The molecule has 0 spiro atoms. The van der Waals surface area contributed by atoms with Crippen LogP contribution < -0.4 is 10.1 Å². The highest BCUT2D eigenvalue weighted by molar-refractivity contribution is 8.33. The highest BCUT2D eigenvalue weighted by Gasteiger charge is 2.38. The van der Waals surface area contributed by atoms with Gasteiger partial charge in [0.25, 0.3) is 0 Å². The van der Waals surface area contributed by atoms with Crippen LogP contribution in [-0.2, 0) is 48.0 Å². The van der Waals surface area contributed by atoms with E-state index >= 15 is 0 Å². The molecule has 226 valence electrons. The summed E-state index contributed by atoms with van der Waals surface area (Å²) in [5, 5.41) is 15.7. The van der Waals surface area contributed by atoms with Crippen LogP contribution in [0.5, 0.6) is 5.75 Å². The van der Waals surface area contributed by atoms with Crippen molar-refractivity contribution in [3.63, 3.8) is 0 Å². The zero-order valence-electron chi connectivity index (χ0n) is 22.4. The minimum atomic E-state index is -5.08. The second kappa shape index (κ2) is 14.4. The molecule has 1 unspecified atom stereocenters. The van der Waals surface area contributed by atoms with Crippen LogP contribution in [0.3, 0.4) is 0 Å². The van der Waals surface area contributed by atoms with Crippen LogP contribution in [0.1, 0.15) is 23.2 Å². The molecule has 2 aromatic heterocycles. The predicted octanol–water partition coefficient (Wildman–Crippen LogP) is 5.47. The minimum Gasteiger partial charge on any atom is -0.496 e. The molecular formula is C27H27ClF3N3O5S3. The summed E-state index contributed by atoms with van der Waals surface area (Å²) in [4.78, 5) is 20.8. The van der Waals surface area contributed by atoms with Gasteiger partial charge in [-0.2, -0.15) is 18.3 Å². The number of carboxylic acid groups (broad SMARTS) is 1. The molecule has 4 aromatic rings. The number of nitrogens with one attached hydrogen (secondary N) is 1. The summed E-state index contributed by atoms with van der Waals surface area (Å²) in [7, 11) is 0.587. The third-order valence-corrected chi connectivity index (χ3v) is 10.5. The van der Waals surface area contributed by atoms with E-state index in [2.05, 4.69) is 11.4 Å². The smallest absolute Gasteiger partial charge is 0.490 e. The topological polar surface area (TPSA) is 111 Å². The monoisotopic (exact) mass is 661 g/mol. The number of hydrogen-bond donors (Lipinski definition) is 2. The van der Waals surface area contributed by atoms with Gasteiger partial charge < -0.3 is 15.2 Å². The number of benzene rings is 2. The van der Waals surface area contributed by atoms with Gasteiger partial charge in [-0.05, 0) is 60.0 Å². The van der Waals surface area contributed by atoms with E-state index in [0.717, 1.165) is 22.0 Å². The Bertz CT molecular complexity index is 1670. The SMILES string of the molecule is CNCC(=O)CCc1cccc(Cn2nc(CS(=O)(=S)c3ccc(Cl)s3)c3c(OC)cccc32)c1.O=C(O)C(F)(F)F. The largest absolute Gasteiger partial charge is 0.496 e. The van der Waals surface area contributed by atoms with Gasteiger partial charge in [-0.1, -0.05) is 41.9 Å². The number of carbonyl (C=O) groups excluding carboxylic acids is 1. The molecule has 2 aromatic carbocycles. The van der Waals surface area contributed by atoms with Crippen molar-refractivity contribution in [2.45, 2.75) is 35.5 Å². The Balaban J connectivity index is 0.000000616.